The molecule has 0 N–H and O–H groups in total. The summed E-state index contributed by atoms with van der Waals surface area (Å²) in [5, 5.41) is 3.65. The minimum absolute atomic E-state index is 0.524. The van der Waals surface area contributed by atoms with Crippen LogP contribution in [0.2, 0.25) is 13.5 Å². The standard InChI is InChI=1S/C45H52Si.2CH3.Hf/c1-10-13-42-41-17-12-16-40(37-22-34(29(6)7)19-35(23-37)30(8)9)44(41)26-45(42)46-38-24-31-14-11-15-39(43(31)25-38)36-20-32(27(2)3)18-33(21-36)28(4)5;;;/h11-12,14-30,42H,1,10,13,46H2,2-9H3;2*1H3;. The molecule has 2 unspecified atom stereocenters. The van der Waals surface area contributed by atoms with Gasteiger partial charge in [0.15, 0.2) is 0 Å². The van der Waals surface area contributed by atoms with E-state index in [1.807, 2.05) is 5.20 Å². The molecule has 4 aromatic rings. The summed E-state index contributed by atoms with van der Waals surface area (Å²) >= 11 is -2.65. The van der Waals surface area contributed by atoms with Crippen LogP contribution in [0.15, 0.2) is 83.2 Å². The molecule has 1 aliphatic heterocycles. The van der Waals surface area contributed by atoms with E-state index in [2.05, 4.69) is 150 Å². The fourth-order valence-electron chi connectivity index (χ4n) is 9.23. The van der Waals surface area contributed by atoms with Crippen LogP contribution in [-0.2, 0) is 20.0 Å². The predicted octanol–water partition coefficient (Wildman–Crippen LogP) is 13.7. The zero-order valence-electron chi connectivity index (χ0n) is 31.9. The second-order valence-corrected chi connectivity index (χ2v) is 37.6. The normalized spacial score (nSPS) is 20.1. The molecule has 1 saturated heterocycles. The quantitative estimate of drug-likeness (QED) is 0.170. The van der Waals surface area contributed by atoms with Gasteiger partial charge < -0.3 is 0 Å². The minimum atomic E-state index is -2.65. The molecule has 7 rings (SSSR count). The Kier molecular flexibility index (Phi) is 9.63. The average molecular weight is 830 g/mol. The van der Waals surface area contributed by atoms with Gasteiger partial charge in [0, 0.05) is 0 Å². The van der Waals surface area contributed by atoms with Gasteiger partial charge in [0.25, 0.3) is 0 Å². The number of benzene rings is 4. The monoisotopic (exact) mass is 830 g/mol. The summed E-state index contributed by atoms with van der Waals surface area (Å²) in [5.74, 6) is 2.70. The van der Waals surface area contributed by atoms with Crippen molar-refractivity contribution in [2.24, 2.45) is 0 Å². The van der Waals surface area contributed by atoms with E-state index in [4.69, 9.17) is 0 Å². The molecule has 0 aromatic heterocycles. The fraction of sp³-hybridized carbons (Fsp3) is 0.404. The maximum atomic E-state index is 2.79. The second-order valence-electron chi connectivity index (χ2n) is 17.5. The van der Waals surface area contributed by atoms with Crippen molar-refractivity contribution in [3.63, 3.8) is 0 Å². The number of fused-ring (bicyclic) bond motifs is 6. The molecule has 2 aliphatic carbocycles. The first-order valence-electron chi connectivity index (χ1n) is 19.3. The molecule has 0 amide bonds. The molecule has 0 saturated carbocycles. The molecule has 3 aliphatic rings. The third-order valence-corrected chi connectivity index (χ3v) is 29.7. The van der Waals surface area contributed by atoms with Gasteiger partial charge in [-0.1, -0.05) is 0 Å². The van der Waals surface area contributed by atoms with Crippen LogP contribution in [0.1, 0.15) is 146 Å². The third-order valence-electron chi connectivity index (χ3n) is 12.2. The molecule has 49 heavy (non-hydrogen) atoms. The van der Waals surface area contributed by atoms with Gasteiger partial charge in [0.05, 0.1) is 0 Å². The molecular weight excluding hydrogens is 771 g/mol. The number of hydrogen-bond acceptors (Lipinski definition) is 0. The van der Waals surface area contributed by atoms with Crippen LogP contribution in [0.4, 0.5) is 0 Å². The van der Waals surface area contributed by atoms with Crippen molar-refractivity contribution < 1.29 is 20.0 Å². The number of rotatable bonds is 6. The molecule has 0 spiro atoms. The van der Waals surface area contributed by atoms with Gasteiger partial charge in [-0.15, -0.1) is 0 Å². The third kappa shape index (κ3) is 6.55. The van der Waals surface area contributed by atoms with E-state index in [0.29, 0.717) is 29.6 Å². The zero-order valence-corrected chi connectivity index (χ0v) is 36.9. The predicted molar refractivity (Wildman–Crippen MR) is 216 cm³/mol. The van der Waals surface area contributed by atoms with E-state index < -0.39 is 29.5 Å². The first-order chi connectivity index (χ1) is 23.3. The van der Waals surface area contributed by atoms with Crippen LogP contribution in [0.25, 0.3) is 34.4 Å². The topological polar surface area (TPSA) is 0 Å². The first kappa shape index (κ1) is 34.9. The van der Waals surface area contributed by atoms with E-state index >= 15 is 0 Å². The molecule has 4 aromatic carbocycles. The van der Waals surface area contributed by atoms with Gasteiger partial charge in [-0.05, 0) is 0 Å². The summed E-state index contributed by atoms with van der Waals surface area (Å²) in [6, 6.07) is 29.4. The summed E-state index contributed by atoms with van der Waals surface area (Å²) in [6.45, 7) is 18.7. The van der Waals surface area contributed by atoms with E-state index in [-0.39, 0.29) is 0 Å². The SMILES string of the molecule is CC(C)c1cc(-c2cccc3c2C=C2[SiH2]C4=Cc5c(-c6cc(C(C)C)cc(C(C)C)c6)cccc5[CH]4[Hf]([CH3])([CH3])[CH2]CCC23)cc(C(C)C)c1. The summed E-state index contributed by atoms with van der Waals surface area (Å²) in [7, 11) is -0.606. The Balaban J connectivity index is 1.34. The summed E-state index contributed by atoms with van der Waals surface area (Å²) < 4.78 is 7.78. The van der Waals surface area contributed by atoms with E-state index in [9.17, 15) is 0 Å². The fourth-order valence-corrected chi connectivity index (χ4v) is 29.9. The number of hydrogen-bond donors (Lipinski definition) is 0. The van der Waals surface area contributed by atoms with Crippen LogP contribution < -0.4 is 0 Å². The van der Waals surface area contributed by atoms with Gasteiger partial charge in [0.1, 0.15) is 0 Å². The Morgan fingerprint density at radius 3 is 1.51 bits per heavy atom. The summed E-state index contributed by atoms with van der Waals surface area (Å²) in [4.78, 5) is 0. The molecule has 0 nitrogen and oxygen atoms in total. The van der Waals surface area contributed by atoms with Crippen molar-refractivity contribution in [1.29, 1.82) is 0 Å². The van der Waals surface area contributed by atoms with Crippen molar-refractivity contribution in [2.75, 3.05) is 0 Å². The second kappa shape index (κ2) is 13.5. The molecule has 1 fully saturated rings. The average Bonchev–Trinajstić information content (AvgIpc) is 3.62. The summed E-state index contributed by atoms with van der Waals surface area (Å²) in [6.07, 6.45) is 8.15. The van der Waals surface area contributed by atoms with Crippen molar-refractivity contribution in [1.82, 2.24) is 0 Å². The molecule has 1 heterocycles. The molecule has 0 radical (unpaired) electrons. The molecular formula is C47H58HfSi. The van der Waals surface area contributed by atoms with E-state index in [0.717, 1.165) is 3.67 Å². The number of allylic oxidation sites excluding steroid dienone is 2. The van der Waals surface area contributed by atoms with Gasteiger partial charge in [-0.25, -0.2) is 0 Å². The Hall–Kier alpha value is -2.55. The van der Waals surface area contributed by atoms with Crippen LogP contribution in [-0.4, -0.2) is 9.52 Å². The molecule has 0 bridgehead atoms. The Bertz CT molecular complexity index is 1910. The Morgan fingerprint density at radius 1 is 0.571 bits per heavy atom. The molecule has 2 atom stereocenters. The van der Waals surface area contributed by atoms with Crippen LogP contribution in [0.3, 0.4) is 0 Å². The van der Waals surface area contributed by atoms with Gasteiger partial charge in [-0.3, -0.25) is 0 Å². The Labute approximate surface area is 304 Å². The molecule has 2 heteroatoms. The van der Waals surface area contributed by atoms with Gasteiger partial charge in [-0.2, -0.15) is 0 Å². The van der Waals surface area contributed by atoms with Crippen molar-refractivity contribution >= 4 is 21.7 Å². The van der Waals surface area contributed by atoms with E-state index in [1.54, 1.807) is 21.9 Å². The van der Waals surface area contributed by atoms with Crippen LogP contribution in [0.5, 0.6) is 0 Å². The van der Waals surface area contributed by atoms with Crippen LogP contribution >= 0.6 is 0 Å². The maximum absolute atomic E-state index is 2.79. The van der Waals surface area contributed by atoms with Crippen molar-refractivity contribution in [3.05, 3.63) is 128 Å². The van der Waals surface area contributed by atoms with Crippen LogP contribution in [0, 0.1) is 0 Å². The van der Waals surface area contributed by atoms with Gasteiger partial charge >= 0.3 is 307 Å². The van der Waals surface area contributed by atoms with Gasteiger partial charge in [0.2, 0.25) is 0 Å². The molecule has 254 valence electrons. The summed E-state index contributed by atoms with van der Waals surface area (Å²) in [5.41, 5.74) is 18.0. The van der Waals surface area contributed by atoms with E-state index in [1.165, 1.54) is 67.1 Å². The Morgan fingerprint density at radius 2 is 1.02 bits per heavy atom. The van der Waals surface area contributed by atoms with Crippen molar-refractivity contribution in [2.45, 2.75) is 115 Å². The zero-order chi connectivity index (χ0) is 34.8. The van der Waals surface area contributed by atoms with Crippen molar-refractivity contribution in [3.8, 4) is 22.3 Å². The first-order valence-corrected chi connectivity index (χ1v) is 32.5.